The second-order valence-corrected chi connectivity index (χ2v) is 5.55. The van der Waals surface area contributed by atoms with Gasteiger partial charge >= 0.3 is 6.09 Å². The summed E-state index contributed by atoms with van der Waals surface area (Å²) in [4.78, 5) is 13.5. The molecule has 1 fully saturated rings. The third kappa shape index (κ3) is 4.18. The summed E-state index contributed by atoms with van der Waals surface area (Å²) in [5.74, 6) is 0.902. The van der Waals surface area contributed by atoms with Gasteiger partial charge in [0.1, 0.15) is 19.7 Å². The number of hydrogen-bond donors (Lipinski definition) is 0. The zero-order valence-electron chi connectivity index (χ0n) is 12.5. The number of benzene rings is 1. The van der Waals surface area contributed by atoms with Crippen molar-refractivity contribution in [2.24, 2.45) is 0 Å². The quantitative estimate of drug-likeness (QED) is 0.781. The molecule has 1 aromatic carbocycles. The van der Waals surface area contributed by atoms with Gasteiger partial charge in [0.25, 0.3) is 0 Å². The van der Waals surface area contributed by atoms with Gasteiger partial charge in [-0.2, -0.15) is 0 Å². The SMILES string of the molecule is Bc1ccc(OC2CCN(C(=O)OC(C)C)CC2)cc1. The smallest absolute Gasteiger partial charge is 0.410 e. The number of amides is 1. The van der Waals surface area contributed by atoms with E-state index in [9.17, 15) is 4.79 Å². The molecule has 1 amide bonds. The minimum Gasteiger partial charge on any atom is -0.490 e. The number of rotatable bonds is 3. The molecule has 0 aromatic heterocycles. The number of ether oxygens (including phenoxy) is 2. The summed E-state index contributed by atoms with van der Waals surface area (Å²) in [6, 6.07) is 8.08. The van der Waals surface area contributed by atoms with Crippen LogP contribution in [0.4, 0.5) is 4.79 Å². The van der Waals surface area contributed by atoms with E-state index < -0.39 is 0 Å². The summed E-state index contributed by atoms with van der Waals surface area (Å²) >= 11 is 0. The van der Waals surface area contributed by atoms with Crippen LogP contribution in [-0.4, -0.2) is 44.1 Å². The van der Waals surface area contributed by atoms with Crippen LogP contribution in [0.25, 0.3) is 0 Å². The number of nitrogens with zero attached hydrogens (tertiary/aromatic N) is 1. The van der Waals surface area contributed by atoms with Crippen molar-refractivity contribution in [1.29, 1.82) is 0 Å². The molecule has 1 aliphatic rings. The zero-order chi connectivity index (χ0) is 14.5. The lowest BCUT2D eigenvalue weighted by atomic mass is 9.97. The minimum absolute atomic E-state index is 0.0657. The molecule has 0 saturated carbocycles. The van der Waals surface area contributed by atoms with E-state index in [1.807, 2.05) is 38.1 Å². The lowest BCUT2D eigenvalue weighted by molar-refractivity contribution is 0.0517. The van der Waals surface area contributed by atoms with Crippen molar-refractivity contribution in [1.82, 2.24) is 4.90 Å². The van der Waals surface area contributed by atoms with Crippen LogP contribution in [0.15, 0.2) is 24.3 Å². The van der Waals surface area contributed by atoms with Gasteiger partial charge in [-0.3, -0.25) is 0 Å². The van der Waals surface area contributed by atoms with Crippen LogP contribution in [0.5, 0.6) is 5.75 Å². The van der Waals surface area contributed by atoms with Crippen LogP contribution in [0.3, 0.4) is 0 Å². The fraction of sp³-hybridized carbons (Fsp3) is 0.533. The second kappa shape index (κ2) is 6.68. The van der Waals surface area contributed by atoms with Crippen molar-refractivity contribution in [2.75, 3.05) is 13.1 Å². The molecule has 1 saturated heterocycles. The van der Waals surface area contributed by atoms with Crippen LogP contribution in [-0.2, 0) is 4.74 Å². The second-order valence-electron chi connectivity index (χ2n) is 5.55. The molecule has 2 rings (SSSR count). The molecule has 108 valence electrons. The average Bonchev–Trinajstić information content (AvgIpc) is 2.41. The molecule has 1 aliphatic heterocycles. The highest BCUT2D eigenvalue weighted by Crippen LogP contribution is 2.18. The van der Waals surface area contributed by atoms with Gasteiger partial charge in [-0.15, -0.1) is 0 Å². The first-order chi connectivity index (χ1) is 9.54. The van der Waals surface area contributed by atoms with Gasteiger partial charge in [-0.25, -0.2) is 4.79 Å². The summed E-state index contributed by atoms with van der Waals surface area (Å²) in [7, 11) is 2.06. The highest BCUT2D eigenvalue weighted by Gasteiger charge is 2.25. The van der Waals surface area contributed by atoms with Gasteiger partial charge in [-0.05, 0) is 26.0 Å². The van der Waals surface area contributed by atoms with E-state index in [2.05, 4.69) is 7.85 Å². The predicted molar refractivity (Wildman–Crippen MR) is 81.5 cm³/mol. The van der Waals surface area contributed by atoms with Crippen LogP contribution in [0.1, 0.15) is 26.7 Å². The fourth-order valence-electron chi connectivity index (χ4n) is 2.24. The van der Waals surface area contributed by atoms with Crippen molar-refractivity contribution in [3.63, 3.8) is 0 Å². The molecule has 0 unspecified atom stereocenters. The molecule has 4 nitrogen and oxygen atoms in total. The number of carbonyl (C=O) groups excluding carboxylic acids is 1. The Balaban J connectivity index is 1.79. The lowest BCUT2D eigenvalue weighted by Gasteiger charge is -2.32. The van der Waals surface area contributed by atoms with Gasteiger partial charge in [-0.1, -0.05) is 17.6 Å². The van der Waals surface area contributed by atoms with E-state index >= 15 is 0 Å². The molecule has 0 spiro atoms. The largest absolute Gasteiger partial charge is 0.490 e. The highest BCUT2D eigenvalue weighted by molar-refractivity contribution is 6.32. The molecule has 0 atom stereocenters. The topological polar surface area (TPSA) is 38.8 Å². The molecule has 0 radical (unpaired) electrons. The van der Waals surface area contributed by atoms with Crippen molar-refractivity contribution in [2.45, 2.75) is 38.9 Å². The van der Waals surface area contributed by atoms with Crippen LogP contribution in [0, 0.1) is 0 Å². The number of carbonyl (C=O) groups is 1. The van der Waals surface area contributed by atoms with Crippen LogP contribution in [0.2, 0.25) is 0 Å². The molecular formula is C15H22BNO3. The van der Waals surface area contributed by atoms with Crippen molar-refractivity contribution >= 4 is 19.4 Å². The molecule has 1 heterocycles. The summed E-state index contributed by atoms with van der Waals surface area (Å²) in [5.41, 5.74) is 1.23. The summed E-state index contributed by atoms with van der Waals surface area (Å²) in [6.07, 6.45) is 1.60. The van der Waals surface area contributed by atoms with Gasteiger partial charge < -0.3 is 14.4 Å². The standard InChI is InChI=1S/C15H22BNO3/c1-11(2)19-15(18)17-9-7-14(8-10-17)20-13-5-3-12(16)4-6-13/h3-6,11,14H,7-10,16H2,1-2H3. The highest BCUT2D eigenvalue weighted by atomic mass is 16.6. The van der Waals surface area contributed by atoms with Gasteiger partial charge in [0.2, 0.25) is 0 Å². The van der Waals surface area contributed by atoms with Crippen molar-refractivity contribution in [3.8, 4) is 5.75 Å². The molecule has 20 heavy (non-hydrogen) atoms. The minimum atomic E-state index is -0.214. The average molecular weight is 275 g/mol. The zero-order valence-corrected chi connectivity index (χ0v) is 12.5. The first kappa shape index (κ1) is 14.8. The summed E-state index contributed by atoms with van der Waals surface area (Å²) in [6.45, 7) is 5.13. The Labute approximate surface area is 121 Å². The Hall–Kier alpha value is -1.65. The predicted octanol–water partition coefficient (Wildman–Crippen LogP) is 1.33. The van der Waals surface area contributed by atoms with E-state index in [0.29, 0.717) is 13.1 Å². The number of piperidine rings is 1. The van der Waals surface area contributed by atoms with Gasteiger partial charge in [0.15, 0.2) is 0 Å². The van der Waals surface area contributed by atoms with E-state index in [1.54, 1.807) is 4.90 Å². The molecule has 0 aliphatic carbocycles. The van der Waals surface area contributed by atoms with Crippen molar-refractivity contribution in [3.05, 3.63) is 24.3 Å². The molecule has 0 bridgehead atoms. The molecule has 0 N–H and O–H groups in total. The molecule has 1 aromatic rings. The van der Waals surface area contributed by atoms with E-state index in [4.69, 9.17) is 9.47 Å². The fourth-order valence-corrected chi connectivity index (χ4v) is 2.24. The molecular weight excluding hydrogens is 253 g/mol. The summed E-state index contributed by atoms with van der Waals surface area (Å²) in [5, 5.41) is 0. The van der Waals surface area contributed by atoms with E-state index in [-0.39, 0.29) is 18.3 Å². The van der Waals surface area contributed by atoms with E-state index in [0.717, 1.165) is 18.6 Å². The number of hydrogen-bond acceptors (Lipinski definition) is 3. The van der Waals surface area contributed by atoms with E-state index in [1.165, 1.54) is 5.46 Å². The number of likely N-dealkylation sites (tertiary alicyclic amines) is 1. The Kier molecular flexibility index (Phi) is 4.93. The maximum Gasteiger partial charge on any atom is 0.410 e. The Morgan fingerprint density at radius 1 is 1.25 bits per heavy atom. The van der Waals surface area contributed by atoms with Gasteiger partial charge in [0, 0.05) is 25.9 Å². The maximum absolute atomic E-state index is 11.8. The monoisotopic (exact) mass is 275 g/mol. The lowest BCUT2D eigenvalue weighted by Crippen LogP contribution is -2.42. The first-order valence-electron chi connectivity index (χ1n) is 7.23. The van der Waals surface area contributed by atoms with Crippen molar-refractivity contribution < 1.29 is 14.3 Å². The third-order valence-electron chi connectivity index (χ3n) is 3.36. The third-order valence-corrected chi connectivity index (χ3v) is 3.36. The normalized spacial score (nSPS) is 16.2. The maximum atomic E-state index is 11.8. The Bertz CT molecular complexity index is 439. The van der Waals surface area contributed by atoms with Crippen LogP contribution >= 0.6 is 0 Å². The Morgan fingerprint density at radius 3 is 2.40 bits per heavy atom. The molecule has 5 heteroatoms. The van der Waals surface area contributed by atoms with Gasteiger partial charge in [0.05, 0.1) is 6.10 Å². The van der Waals surface area contributed by atoms with Crippen LogP contribution < -0.4 is 10.2 Å². The summed E-state index contributed by atoms with van der Waals surface area (Å²) < 4.78 is 11.1. The first-order valence-corrected chi connectivity index (χ1v) is 7.23. The Morgan fingerprint density at radius 2 is 1.85 bits per heavy atom.